The monoisotopic (exact) mass is 446 g/mol. The van der Waals surface area contributed by atoms with Gasteiger partial charge < -0.3 is 15.5 Å². The van der Waals surface area contributed by atoms with Gasteiger partial charge in [0.05, 0.1) is 18.7 Å². The van der Waals surface area contributed by atoms with Gasteiger partial charge in [-0.2, -0.15) is 0 Å². The number of carbonyl (C=O) groups is 3. The van der Waals surface area contributed by atoms with Crippen molar-refractivity contribution in [3.63, 3.8) is 0 Å². The lowest BCUT2D eigenvalue weighted by atomic mass is 10.1. The van der Waals surface area contributed by atoms with Gasteiger partial charge in [0, 0.05) is 19.2 Å². The summed E-state index contributed by atoms with van der Waals surface area (Å²) in [4.78, 5) is 41.2. The number of para-hydroxylation sites is 1. The summed E-state index contributed by atoms with van der Waals surface area (Å²) in [6.45, 7) is 2.68. The number of carbonyl (C=O) groups excluding carboxylic acids is 3. The third kappa shape index (κ3) is 7.82. The average molecular weight is 446 g/mol. The smallest absolute Gasteiger partial charge is 0.256 e. The Kier molecular flexibility index (Phi) is 9.42. The van der Waals surface area contributed by atoms with Crippen LogP contribution >= 0.6 is 0 Å². The first-order chi connectivity index (χ1) is 15.2. The Balaban J connectivity index is 2.07. The number of likely N-dealkylation sites (N-methyl/N-ethyl adjacent to an activating group) is 1. The predicted molar refractivity (Wildman–Crippen MR) is 118 cm³/mol. The van der Waals surface area contributed by atoms with E-state index in [1.54, 1.807) is 30.3 Å². The molecule has 0 bridgehead atoms. The van der Waals surface area contributed by atoms with Gasteiger partial charge in [0.25, 0.3) is 5.91 Å². The average Bonchev–Trinajstić information content (AvgIpc) is 2.71. The number of rotatable bonds is 10. The van der Waals surface area contributed by atoms with Gasteiger partial charge in [0.2, 0.25) is 11.8 Å². The zero-order valence-electron chi connectivity index (χ0n) is 18.4. The zero-order valence-corrected chi connectivity index (χ0v) is 18.4. The molecule has 2 N–H and O–H groups in total. The molecule has 0 saturated heterocycles. The molecule has 0 spiro atoms. The van der Waals surface area contributed by atoms with Crippen molar-refractivity contribution in [2.45, 2.75) is 19.4 Å². The van der Waals surface area contributed by atoms with Crippen molar-refractivity contribution in [3.05, 3.63) is 65.7 Å². The molecule has 0 unspecified atom stereocenters. The molecule has 2 rings (SSSR count). The number of halogens is 2. The van der Waals surface area contributed by atoms with E-state index in [-0.39, 0.29) is 18.5 Å². The number of hydrogen-bond acceptors (Lipinski definition) is 5. The molecule has 9 heteroatoms. The molecule has 0 fully saturated rings. The third-order valence-corrected chi connectivity index (χ3v) is 4.53. The number of anilines is 1. The molecule has 0 saturated carbocycles. The molecule has 7 nitrogen and oxygen atoms in total. The Morgan fingerprint density at radius 1 is 1.00 bits per heavy atom. The van der Waals surface area contributed by atoms with Gasteiger partial charge in [0.1, 0.15) is 17.7 Å². The van der Waals surface area contributed by atoms with Gasteiger partial charge in [-0.25, -0.2) is 13.7 Å². The molecule has 172 valence electrons. The van der Waals surface area contributed by atoms with Crippen molar-refractivity contribution in [3.8, 4) is 0 Å². The fourth-order valence-electron chi connectivity index (χ4n) is 2.99. The van der Waals surface area contributed by atoms with E-state index in [0.717, 1.165) is 23.6 Å². The van der Waals surface area contributed by atoms with Crippen LogP contribution in [0.4, 0.5) is 14.5 Å². The van der Waals surface area contributed by atoms with Crippen molar-refractivity contribution in [1.29, 1.82) is 0 Å². The molecule has 1 atom stereocenters. The van der Waals surface area contributed by atoms with E-state index in [1.807, 2.05) is 19.0 Å². The summed E-state index contributed by atoms with van der Waals surface area (Å²) in [6, 6.07) is 10.2. The van der Waals surface area contributed by atoms with Crippen LogP contribution in [0.25, 0.3) is 0 Å². The maximum atomic E-state index is 13.3. The highest BCUT2D eigenvalue weighted by atomic mass is 19.1. The number of amides is 3. The van der Waals surface area contributed by atoms with Crippen LogP contribution in [0.5, 0.6) is 0 Å². The molecule has 2 aromatic rings. The number of benzene rings is 2. The minimum atomic E-state index is -1.04. The van der Waals surface area contributed by atoms with Crippen LogP contribution < -0.4 is 15.5 Å². The Labute approximate surface area is 186 Å². The topological polar surface area (TPSA) is 81.8 Å². The molecule has 0 radical (unpaired) electrons. The number of nitrogens with one attached hydrogen (secondary N) is 2. The van der Waals surface area contributed by atoms with Crippen molar-refractivity contribution in [2.75, 3.05) is 38.6 Å². The summed E-state index contributed by atoms with van der Waals surface area (Å²) in [7, 11) is 3.82. The normalized spacial score (nSPS) is 11.8. The van der Waals surface area contributed by atoms with Crippen LogP contribution in [0.1, 0.15) is 12.5 Å². The minimum absolute atomic E-state index is 0.0578. The maximum Gasteiger partial charge on any atom is 0.256 e. The van der Waals surface area contributed by atoms with Crippen LogP contribution in [0.2, 0.25) is 0 Å². The summed E-state index contributed by atoms with van der Waals surface area (Å²) in [5.41, 5.74) is 0.519. The first-order valence-corrected chi connectivity index (χ1v) is 10.2. The van der Waals surface area contributed by atoms with E-state index in [0.29, 0.717) is 18.3 Å². The molecule has 0 aromatic heterocycles. The van der Waals surface area contributed by atoms with E-state index < -0.39 is 35.4 Å². The third-order valence-electron chi connectivity index (χ3n) is 4.53. The summed E-state index contributed by atoms with van der Waals surface area (Å²) in [5.74, 6) is -3.26. The molecule has 0 aliphatic rings. The zero-order chi connectivity index (χ0) is 23.7. The molecule has 0 heterocycles. The van der Waals surface area contributed by atoms with Gasteiger partial charge >= 0.3 is 0 Å². The summed E-state index contributed by atoms with van der Waals surface area (Å²) >= 11 is 0. The second kappa shape index (κ2) is 12.0. The van der Waals surface area contributed by atoms with Crippen molar-refractivity contribution in [2.24, 2.45) is 0 Å². The number of hydrogen-bond donors (Lipinski definition) is 2. The first-order valence-electron chi connectivity index (χ1n) is 10.2. The van der Waals surface area contributed by atoms with Gasteiger partial charge in [-0.15, -0.1) is 0 Å². The molecule has 3 amide bonds. The molecular formula is C23H28F2N4O3. The van der Waals surface area contributed by atoms with Crippen LogP contribution in [-0.4, -0.2) is 62.4 Å². The van der Waals surface area contributed by atoms with E-state index in [4.69, 9.17) is 0 Å². The van der Waals surface area contributed by atoms with E-state index in [9.17, 15) is 23.2 Å². The van der Waals surface area contributed by atoms with Crippen LogP contribution in [-0.2, 0) is 20.8 Å². The molecule has 0 aliphatic carbocycles. The van der Waals surface area contributed by atoms with Gasteiger partial charge in [-0.3, -0.25) is 14.4 Å². The summed E-state index contributed by atoms with van der Waals surface area (Å²) in [5, 5.41) is 5.50. The second-order valence-corrected chi connectivity index (χ2v) is 7.63. The Morgan fingerprint density at radius 3 is 2.22 bits per heavy atom. The van der Waals surface area contributed by atoms with Crippen LogP contribution in [0.15, 0.2) is 48.5 Å². The maximum absolute atomic E-state index is 13.3. The van der Waals surface area contributed by atoms with Gasteiger partial charge in [-0.05, 0) is 50.8 Å². The SMILES string of the molecule is C[C@H](NC(=O)Cc1cc(F)cc(F)c1)C(=O)N(C(=O)CNCCN(C)C)c1ccccc1. The lowest BCUT2D eigenvalue weighted by Gasteiger charge is -2.25. The van der Waals surface area contributed by atoms with E-state index >= 15 is 0 Å². The van der Waals surface area contributed by atoms with Gasteiger partial charge in [0.15, 0.2) is 0 Å². The predicted octanol–water partition coefficient (Wildman–Crippen LogP) is 1.72. The highest BCUT2D eigenvalue weighted by Crippen LogP contribution is 2.15. The standard InChI is InChI=1S/C23H28F2N4O3/c1-16(27-21(30)13-17-11-18(24)14-19(25)12-17)23(32)29(20-7-5-4-6-8-20)22(31)15-26-9-10-28(2)3/h4-8,11-12,14,16,26H,9-10,13,15H2,1-3H3,(H,27,30)/t16-/m0/s1. The summed E-state index contributed by atoms with van der Waals surface area (Å²) in [6.07, 6.45) is -0.308. The number of nitrogens with zero attached hydrogens (tertiary/aromatic N) is 2. The molecule has 2 aromatic carbocycles. The highest BCUT2D eigenvalue weighted by Gasteiger charge is 2.28. The Morgan fingerprint density at radius 2 is 1.62 bits per heavy atom. The van der Waals surface area contributed by atoms with Crippen molar-refractivity contribution < 1.29 is 23.2 Å². The minimum Gasteiger partial charge on any atom is -0.344 e. The largest absolute Gasteiger partial charge is 0.344 e. The van der Waals surface area contributed by atoms with Crippen LogP contribution in [0, 0.1) is 11.6 Å². The van der Waals surface area contributed by atoms with Crippen molar-refractivity contribution >= 4 is 23.4 Å². The first kappa shape index (κ1) is 25.1. The molecular weight excluding hydrogens is 418 g/mol. The van der Waals surface area contributed by atoms with E-state index in [1.165, 1.54) is 6.92 Å². The summed E-state index contributed by atoms with van der Waals surface area (Å²) < 4.78 is 26.7. The molecule has 0 aliphatic heterocycles. The molecule has 32 heavy (non-hydrogen) atoms. The highest BCUT2D eigenvalue weighted by molar-refractivity contribution is 6.17. The van der Waals surface area contributed by atoms with E-state index in [2.05, 4.69) is 10.6 Å². The lowest BCUT2D eigenvalue weighted by Crippen LogP contribution is -2.52. The van der Waals surface area contributed by atoms with Crippen LogP contribution in [0.3, 0.4) is 0 Å². The quantitative estimate of drug-likeness (QED) is 0.544. The fourth-order valence-corrected chi connectivity index (χ4v) is 2.99. The lowest BCUT2D eigenvalue weighted by molar-refractivity contribution is -0.130. The Bertz CT molecular complexity index is 918. The second-order valence-electron chi connectivity index (χ2n) is 7.63. The van der Waals surface area contributed by atoms with Gasteiger partial charge in [-0.1, -0.05) is 18.2 Å². The fraction of sp³-hybridized carbons (Fsp3) is 0.348. The van der Waals surface area contributed by atoms with Crippen molar-refractivity contribution in [1.82, 2.24) is 15.5 Å². The number of imide groups is 1. The Hall–Kier alpha value is -3.17.